The number of nitrogens with zero attached hydrogens (tertiary/aromatic N) is 1. The molecule has 2 bridgehead atoms. The lowest BCUT2D eigenvalue weighted by Crippen LogP contribution is -2.57. The summed E-state index contributed by atoms with van der Waals surface area (Å²) in [7, 11) is 2.28. The predicted molar refractivity (Wildman–Crippen MR) is 86.9 cm³/mol. The Kier molecular flexibility index (Phi) is 4.38. The highest BCUT2D eigenvalue weighted by atomic mass is 16.6. The van der Waals surface area contributed by atoms with Gasteiger partial charge in [0.2, 0.25) is 0 Å². The molecular weight excluding hydrogens is 278 g/mol. The molecule has 22 heavy (non-hydrogen) atoms. The van der Waals surface area contributed by atoms with Crippen LogP contribution < -0.4 is 10.6 Å². The van der Waals surface area contributed by atoms with E-state index in [1.807, 2.05) is 20.8 Å². The fourth-order valence-electron chi connectivity index (χ4n) is 4.23. The number of fused-ring (bicyclic) bond motifs is 2. The Balaban J connectivity index is 1.35. The summed E-state index contributed by atoms with van der Waals surface area (Å²) in [5.41, 5.74) is -0.418. The summed E-state index contributed by atoms with van der Waals surface area (Å²) in [5.74, 6) is 0. The molecule has 2 unspecified atom stereocenters. The Morgan fingerprint density at radius 1 is 1.00 bits per heavy atom. The predicted octanol–water partition coefficient (Wildman–Crippen LogP) is 2.26. The number of rotatable bonds is 3. The molecule has 3 fully saturated rings. The average molecular weight is 309 g/mol. The van der Waals surface area contributed by atoms with Crippen LogP contribution in [0.15, 0.2) is 0 Å². The number of piperidine rings is 1. The van der Waals surface area contributed by atoms with Gasteiger partial charge >= 0.3 is 6.09 Å². The molecule has 1 amide bonds. The summed E-state index contributed by atoms with van der Waals surface area (Å²) in [6, 6.07) is 3.07. The van der Waals surface area contributed by atoms with Crippen molar-refractivity contribution in [2.24, 2.45) is 0 Å². The van der Waals surface area contributed by atoms with Crippen LogP contribution in [0.25, 0.3) is 0 Å². The lowest BCUT2D eigenvalue weighted by atomic mass is 9.85. The maximum atomic E-state index is 11.7. The van der Waals surface area contributed by atoms with E-state index >= 15 is 0 Å². The van der Waals surface area contributed by atoms with Crippen LogP contribution in [-0.4, -0.2) is 53.9 Å². The third kappa shape index (κ3) is 3.74. The van der Waals surface area contributed by atoms with E-state index < -0.39 is 5.60 Å². The molecule has 5 heteroatoms. The Morgan fingerprint density at radius 2 is 1.55 bits per heavy atom. The van der Waals surface area contributed by atoms with Gasteiger partial charge in [-0.2, -0.15) is 0 Å². The van der Waals surface area contributed by atoms with Crippen LogP contribution in [0.3, 0.4) is 0 Å². The van der Waals surface area contributed by atoms with Crippen molar-refractivity contribution in [1.82, 2.24) is 15.5 Å². The molecule has 2 atom stereocenters. The zero-order chi connectivity index (χ0) is 15.9. The first kappa shape index (κ1) is 16.1. The van der Waals surface area contributed by atoms with Crippen LogP contribution in [0.1, 0.15) is 59.3 Å². The molecule has 5 nitrogen and oxygen atoms in total. The Morgan fingerprint density at radius 3 is 2.09 bits per heavy atom. The van der Waals surface area contributed by atoms with Crippen LogP contribution >= 0.6 is 0 Å². The van der Waals surface area contributed by atoms with Gasteiger partial charge in [-0.05, 0) is 66.3 Å². The number of alkyl carbamates (subject to hydrolysis) is 1. The molecular formula is C17H31N3O2. The molecule has 3 aliphatic rings. The van der Waals surface area contributed by atoms with Crippen LogP contribution in [0, 0.1) is 0 Å². The molecule has 1 aliphatic carbocycles. The molecule has 0 aromatic rings. The topological polar surface area (TPSA) is 53.6 Å². The van der Waals surface area contributed by atoms with Crippen LogP contribution in [0.5, 0.6) is 0 Å². The monoisotopic (exact) mass is 309 g/mol. The van der Waals surface area contributed by atoms with Gasteiger partial charge in [0.1, 0.15) is 5.60 Å². The number of nitrogens with one attached hydrogen (secondary N) is 2. The van der Waals surface area contributed by atoms with E-state index in [4.69, 9.17) is 4.74 Å². The highest BCUT2D eigenvalue weighted by molar-refractivity contribution is 5.68. The largest absolute Gasteiger partial charge is 0.444 e. The van der Waals surface area contributed by atoms with Crippen molar-refractivity contribution in [1.29, 1.82) is 0 Å². The van der Waals surface area contributed by atoms with Crippen molar-refractivity contribution in [2.75, 3.05) is 7.05 Å². The first-order valence-electron chi connectivity index (χ1n) is 8.77. The third-order valence-corrected chi connectivity index (χ3v) is 5.43. The van der Waals surface area contributed by atoms with Gasteiger partial charge in [-0.25, -0.2) is 4.79 Å². The first-order chi connectivity index (χ1) is 10.3. The zero-order valence-electron chi connectivity index (χ0n) is 14.4. The summed E-state index contributed by atoms with van der Waals surface area (Å²) in [5, 5.41) is 6.78. The Labute approximate surface area is 134 Å². The van der Waals surface area contributed by atoms with Crippen LogP contribution in [-0.2, 0) is 4.74 Å². The van der Waals surface area contributed by atoms with Gasteiger partial charge in [0.15, 0.2) is 0 Å². The fraction of sp³-hybridized carbons (Fsp3) is 0.941. The second-order valence-corrected chi connectivity index (χ2v) is 8.40. The molecule has 2 aliphatic heterocycles. The lowest BCUT2D eigenvalue weighted by Gasteiger charge is -2.43. The normalized spacial score (nSPS) is 38.5. The van der Waals surface area contributed by atoms with E-state index in [0.29, 0.717) is 12.1 Å². The van der Waals surface area contributed by atoms with Crippen molar-refractivity contribution in [3.05, 3.63) is 0 Å². The third-order valence-electron chi connectivity index (χ3n) is 5.43. The summed E-state index contributed by atoms with van der Waals surface area (Å²) in [6.07, 6.45) is 7.08. The van der Waals surface area contributed by atoms with Gasteiger partial charge in [0, 0.05) is 30.2 Å². The smallest absolute Gasteiger partial charge is 0.407 e. The summed E-state index contributed by atoms with van der Waals surface area (Å²) >= 11 is 0. The number of carbonyl (C=O) groups excluding carboxylic acids is 1. The molecule has 0 aromatic heterocycles. The minimum atomic E-state index is -0.418. The minimum absolute atomic E-state index is 0.273. The molecule has 3 rings (SSSR count). The van der Waals surface area contributed by atoms with Crippen molar-refractivity contribution < 1.29 is 9.53 Å². The minimum Gasteiger partial charge on any atom is -0.444 e. The zero-order valence-corrected chi connectivity index (χ0v) is 14.4. The molecule has 0 aromatic carbocycles. The standard InChI is InChI=1S/C17H31N3O2/c1-17(2,3)22-16(21)19-12-7-11(8-12)18-13-9-14-5-6-15(10-13)20(14)4/h11-15,18H,5-10H2,1-4H3,(H,19,21). The highest BCUT2D eigenvalue weighted by Gasteiger charge is 2.40. The van der Waals surface area contributed by atoms with Gasteiger partial charge < -0.3 is 20.3 Å². The van der Waals surface area contributed by atoms with Crippen molar-refractivity contribution in [3.63, 3.8) is 0 Å². The summed E-state index contributed by atoms with van der Waals surface area (Å²) in [4.78, 5) is 14.3. The van der Waals surface area contributed by atoms with E-state index in [9.17, 15) is 4.79 Å². The first-order valence-corrected chi connectivity index (χ1v) is 8.77. The number of ether oxygens (including phenoxy) is 1. The van der Waals surface area contributed by atoms with Crippen molar-refractivity contribution in [3.8, 4) is 0 Å². The molecule has 0 radical (unpaired) electrons. The van der Waals surface area contributed by atoms with Gasteiger partial charge in [-0.15, -0.1) is 0 Å². The summed E-state index contributed by atoms with van der Waals surface area (Å²) < 4.78 is 5.30. The fourth-order valence-corrected chi connectivity index (χ4v) is 4.23. The number of amides is 1. The van der Waals surface area contributed by atoms with Gasteiger partial charge in [-0.1, -0.05) is 0 Å². The number of hydrogen-bond donors (Lipinski definition) is 2. The molecule has 1 saturated carbocycles. The number of hydrogen-bond acceptors (Lipinski definition) is 4. The van der Waals surface area contributed by atoms with Gasteiger partial charge in [0.05, 0.1) is 0 Å². The van der Waals surface area contributed by atoms with Crippen LogP contribution in [0.4, 0.5) is 4.79 Å². The van der Waals surface area contributed by atoms with E-state index in [0.717, 1.165) is 24.9 Å². The number of carbonyl (C=O) groups is 1. The van der Waals surface area contributed by atoms with E-state index in [-0.39, 0.29) is 12.1 Å². The van der Waals surface area contributed by atoms with Crippen molar-refractivity contribution in [2.45, 2.75) is 95.1 Å². The second-order valence-electron chi connectivity index (χ2n) is 8.40. The summed E-state index contributed by atoms with van der Waals surface area (Å²) in [6.45, 7) is 5.68. The Hall–Kier alpha value is -0.810. The van der Waals surface area contributed by atoms with E-state index in [1.54, 1.807) is 0 Å². The second kappa shape index (κ2) is 6.00. The maximum absolute atomic E-state index is 11.7. The van der Waals surface area contributed by atoms with E-state index in [2.05, 4.69) is 22.6 Å². The van der Waals surface area contributed by atoms with Crippen molar-refractivity contribution >= 4 is 6.09 Å². The molecule has 2 heterocycles. The van der Waals surface area contributed by atoms with Gasteiger partial charge in [0.25, 0.3) is 0 Å². The van der Waals surface area contributed by atoms with E-state index in [1.165, 1.54) is 25.7 Å². The highest BCUT2D eigenvalue weighted by Crippen LogP contribution is 2.35. The average Bonchev–Trinajstić information content (AvgIpc) is 2.58. The SMILES string of the molecule is CN1C2CCC1CC(NC1CC(NC(=O)OC(C)(C)C)C1)C2. The van der Waals surface area contributed by atoms with Crippen LogP contribution in [0.2, 0.25) is 0 Å². The lowest BCUT2D eigenvalue weighted by molar-refractivity contribution is 0.0457. The molecule has 2 N–H and O–H groups in total. The maximum Gasteiger partial charge on any atom is 0.407 e. The molecule has 0 spiro atoms. The van der Waals surface area contributed by atoms with Gasteiger partial charge in [-0.3, -0.25) is 0 Å². The quantitative estimate of drug-likeness (QED) is 0.839. The Bertz CT molecular complexity index is 401. The molecule has 126 valence electrons. The molecule has 2 saturated heterocycles.